The monoisotopic (exact) mass is 251 g/mol. The number of nitrogens with zero attached hydrogens (tertiary/aromatic N) is 1. The number of ether oxygens (including phenoxy) is 2. The van der Waals surface area contributed by atoms with Crippen molar-refractivity contribution in [1.29, 1.82) is 0 Å². The lowest BCUT2D eigenvalue weighted by atomic mass is 10.1. The lowest BCUT2D eigenvalue weighted by Crippen LogP contribution is -2.37. The highest BCUT2D eigenvalue weighted by molar-refractivity contribution is 4.95. The van der Waals surface area contributed by atoms with Crippen molar-refractivity contribution in [3.05, 3.63) is 0 Å². The standard InChI is InChI=1S/C14H21NO3/c1-3-7-15(8-4-2)11-13(16)12-18-14-5-9-17-10-6-14/h1-2,13-14,16H,5-12H2. The maximum absolute atomic E-state index is 9.87. The van der Waals surface area contributed by atoms with Crippen molar-refractivity contribution >= 4 is 0 Å². The first-order valence-electron chi connectivity index (χ1n) is 6.23. The molecular formula is C14H21NO3. The molecule has 0 bridgehead atoms. The molecular weight excluding hydrogens is 230 g/mol. The maximum Gasteiger partial charge on any atom is 0.0901 e. The molecule has 1 N–H and O–H groups in total. The van der Waals surface area contributed by atoms with Crippen molar-refractivity contribution < 1.29 is 14.6 Å². The van der Waals surface area contributed by atoms with E-state index >= 15 is 0 Å². The van der Waals surface area contributed by atoms with Crippen molar-refractivity contribution in [3.63, 3.8) is 0 Å². The smallest absolute Gasteiger partial charge is 0.0901 e. The number of terminal acetylenes is 2. The van der Waals surface area contributed by atoms with Crippen molar-refractivity contribution in [2.45, 2.75) is 25.0 Å². The predicted molar refractivity (Wildman–Crippen MR) is 69.9 cm³/mol. The van der Waals surface area contributed by atoms with Gasteiger partial charge in [0.15, 0.2) is 0 Å². The first-order chi connectivity index (χ1) is 8.76. The van der Waals surface area contributed by atoms with Crippen molar-refractivity contribution in [1.82, 2.24) is 4.90 Å². The molecule has 0 spiro atoms. The molecule has 0 aromatic heterocycles. The Bertz CT molecular complexity index is 283. The zero-order valence-corrected chi connectivity index (χ0v) is 10.7. The molecule has 1 rings (SSSR count). The van der Waals surface area contributed by atoms with E-state index in [1.165, 1.54) is 0 Å². The molecule has 0 amide bonds. The summed E-state index contributed by atoms with van der Waals surface area (Å²) in [6.45, 7) is 3.12. The molecule has 1 unspecified atom stereocenters. The minimum Gasteiger partial charge on any atom is -0.389 e. The molecule has 0 aliphatic carbocycles. The third kappa shape index (κ3) is 6.05. The molecule has 18 heavy (non-hydrogen) atoms. The third-order valence-electron chi connectivity index (χ3n) is 2.79. The van der Waals surface area contributed by atoms with Crippen LogP contribution in [0.15, 0.2) is 0 Å². The Balaban J connectivity index is 2.20. The number of hydrogen-bond acceptors (Lipinski definition) is 4. The van der Waals surface area contributed by atoms with Gasteiger partial charge in [-0.2, -0.15) is 0 Å². The molecule has 4 nitrogen and oxygen atoms in total. The van der Waals surface area contributed by atoms with E-state index in [-0.39, 0.29) is 6.10 Å². The molecule has 1 aliphatic heterocycles. The lowest BCUT2D eigenvalue weighted by Gasteiger charge is -2.25. The summed E-state index contributed by atoms with van der Waals surface area (Å²) in [6, 6.07) is 0. The summed E-state index contributed by atoms with van der Waals surface area (Å²) in [5.74, 6) is 5.05. The summed E-state index contributed by atoms with van der Waals surface area (Å²) < 4.78 is 10.9. The van der Waals surface area contributed by atoms with Crippen LogP contribution < -0.4 is 0 Å². The van der Waals surface area contributed by atoms with E-state index in [4.69, 9.17) is 22.3 Å². The molecule has 1 fully saturated rings. The van der Waals surface area contributed by atoms with Crippen LogP contribution >= 0.6 is 0 Å². The highest BCUT2D eigenvalue weighted by atomic mass is 16.5. The van der Waals surface area contributed by atoms with E-state index in [1.54, 1.807) is 0 Å². The van der Waals surface area contributed by atoms with Gasteiger partial charge in [0.25, 0.3) is 0 Å². The molecule has 0 aromatic carbocycles. The van der Waals surface area contributed by atoms with E-state index in [0.717, 1.165) is 26.1 Å². The van der Waals surface area contributed by atoms with Gasteiger partial charge in [0.05, 0.1) is 31.9 Å². The van der Waals surface area contributed by atoms with Gasteiger partial charge < -0.3 is 14.6 Å². The Labute approximate surface area is 109 Å². The fourth-order valence-corrected chi connectivity index (χ4v) is 1.88. The van der Waals surface area contributed by atoms with Crippen LogP contribution in [0.5, 0.6) is 0 Å². The average Bonchev–Trinajstić information content (AvgIpc) is 2.38. The highest BCUT2D eigenvalue weighted by Crippen LogP contribution is 2.10. The topological polar surface area (TPSA) is 41.9 Å². The number of hydrogen-bond donors (Lipinski definition) is 1. The Kier molecular flexibility index (Phi) is 7.48. The highest BCUT2D eigenvalue weighted by Gasteiger charge is 2.17. The number of aliphatic hydroxyl groups excluding tert-OH is 1. The van der Waals surface area contributed by atoms with Crippen LogP contribution in [0.4, 0.5) is 0 Å². The average molecular weight is 251 g/mol. The third-order valence-corrected chi connectivity index (χ3v) is 2.79. The van der Waals surface area contributed by atoms with Crippen molar-refractivity contribution in [3.8, 4) is 24.7 Å². The fourth-order valence-electron chi connectivity index (χ4n) is 1.88. The Morgan fingerprint density at radius 2 is 1.89 bits per heavy atom. The molecule has 0 aromatic rings. The molecule has 1 heterocycles. The number of aliphatic hydroxyl groups is 1. The lowest BCUT2D eigenvalue weighted by molar-refractivity contribution is -0.0631. The van der Waals surface area contributed by atoms with Crippen LogP contribution in [0.2, 0.25) is 0 Å². The summed E-state index contributed by atoms with van der Waals surface area (Å²) in [4.78, 5) is 1.85. The van der Waals surface area contributed by atoms with E-state index in [1.807, 2.05) is 4.90 Å². The Morgan fingerprint density at radius 1 is 1.28 bits per heavy atom. The van der Waals surface area contributed by atoms with Crippen LogP contribution in [0.25, 0.3) is 0 Å². The van der Waals surface area contributed by atoms with Gasteiger partial charge in [-0.1, -0.05) is 11.8 Å². The Morgan fingerprint density at radius 3 is 2.44 bits per heavy atom. The fraction of sp³-hybridized carbons (Fsp3) is 0.714. The minimum absolute atomic E-state index is 0.196. The second-order valence-electron chi connectivity index (χ2n) is 4.38. The van der Waals surface area contributed by atoms with Crippen molar-refractivity contribution in [2.75, 3.05) is 39.5 Å². The summed E-state index contributed by atoms with van der Waals surface area (Å²) >= 11 is 0. The number of rotatable bonds is 7. The minimum atomic E-state index is -0.561. The largest absolute Gasteiger partial charge is 0.389 e. The summed E-state index contributed by atoms with van der Waals surface area (Å²) in [7, 11) is 0. The zero-order valence-electron chi connectivity index (χ0n) is 10.7. The second-order valence-corrected chi connectivity index (χ2v) is 4.38. The van der Waals surface area contributed by atoms with Gasteiger partial charge in [0, 0.05) is 19.8 Å². The zero-order chi connectivity index (χ0) is 13.2. The van der Waals surface area contributed by atoms with Crippen LogP contribution in [0.1, 0.15) is 12.8 Å². The van der Waals surface area contributed by atoms with Gasteiger partial charge in [-0.05, 0) is 12.8 Å². The quantitative estimate of drug-likeness (QED) is 0.652. The van der Waals surface area contributed by atoms with Crippen LogP contribution in [0.3, 0.4) is 0 Å². The second kappa shape index (κ2) is 8.97. The van der Waals surface area contributed by atoms with E-state index in [2.05, 4.69) is 11.8 Å². The van der Waals surface area contributed by atoms with Gasteiger partial charge in [-0.15, -0.1) is 12.8 Å². The van der Waals surface area contributed by atoms with Crippen molar-refractivity contribution in [2.24, 2.45) is 0 Å². The van der Waals surface area contributed by atoms with Gasteiger partial charge in [0.2, 0.25) is 0 Å². The maximum atomic E-state index is 9.87. The molecule has 1 aliphatic rings. The molecule has 0 saturated carbocycles. The molecule has 1 saturated heterocycles. The van der Waals surface area contributed by atoms with Gasteiger partial charge in [0.1, 0.15) is 0 Å². The molecule has 1 atom stereocenters. The van der Waals surface area contributed by atoms with E-state index in [0.29, 0.717) is 26.2 Å². The summed E-state index contributed by atoms with van der Waals surface area (Å²) in [5.41, 5.74) is 0. The van der Waals surface area contributed by atoms with Gasteiger partial charge in [-0.25, -0.2) is 0 Å². The summed E-state index contributed by atoms with van der Waals surface area (Å²) in [6.07, 6.45) is 11.9. The summed E-state index contributed by atoms with van der Waals surface area (Å²) in [5, 5.41) is 9.87. The normalized spacial score (nSPS) is 18.2. The Hall–Kier alpha value is -1.04. The van der Waals surface area contributed by atoms with Crippen LogP contribution in [-0.2, 0) is 9.47 Å². The first-order valence-corrected chi connectivity index (χ1v) is 6.23. The first kappa shape index (κ1) is 15.0. The SMILES string of the molecule is C#CCN(CC#C)CC(O)COC1CCOCC1. The molecule has 100 valence electrons. The van der Waals surface area contributed by atoms with Gasteiger partial charge >= 0.3 is 0 Å². The van der Waals surface area contributed by atoms with Gasteiger partial charge in [-0.3, -0.25) is 4.90 Å². The predicted octanol–water partition coefficient (Wildman–Crippen LogP) is 0.111. The molecule has 4 heteroatoms. The van der Waals surface area contributed by atoms with E-state index in [9.17, 15) is 5.11 Å². The van der Waals surface area contributed by atoms with Crippen LogP contribution in [-0.4, -0.2) is 61.7 Å². The van der Waals surface area contributed by atoms with Crippen LogP contribution in [0, 0.1) is 24.7 Å². The molecule has 0 radical (unpaired) electrons. The van der Waals surface area contributed by atoms with E-state index < -0.39 is 6.10 Å².